The fraction of sp³-hybridized carbons (Fsp3) is 0.214. The van der Waals surface area contributed by atoms with Gasteiger partial charge in [-0.3, -0.25) is 4.98 Å². The van der Waals surface area contributed by atoms with E-state index < -0.39 is 9.05 Å². The summed E-state index contributed by atoms with van der Waals surface area (Å²) < 4.78 is 33.0. The molecule has 0 aliphatic heterocycles. The molecule has 0 N–H and O–H groups in total. The fourth-order valence-electron chi connectivity index (χ4n) is 1.75. The van der Waals surface area contributed by atoms with Crippen LogP contribution >= 0.6 is 10.7 Å². The van der Waals surface area contributed by atoms with Gasteiger partial charge in [-0.15, -0.1) is 0 Å². The molecule has 2 rings (SSSR count). The lowest BCUT2D eigenvalue weighted by molar-refractivity contribution is 0.299. The smallest absolute Gasteiger partial charge is 0.261 e. The van der Waals surface area contributed by atoms with Crippen molar-refractivity contribution in [1.82, 2.24) is 4.98 Å². The van der Waals surface area contributed by atoms with Crippen LogP contribution in [0.2, 0.25) is 0 Å². The maximum atomic E-state index is 11.1. The number of aromatic nitrogens is 1. The van der Waals surface area contributed by atoms with E-state index in [1.54, 1.807) is 25.3 Å². The zero-order valence-electron chi connectivity index (χ0n) is 11.5. The molecular weight excluding hydrogens is 314 g/mol. The quantitative estimate of drug-likeness (QED) is 0.790. The molecule has 2 aromatic rings. The van der Waals surface area contributed by atoms with Crippen molar-refractivity contribution < 1.29 is 17.9 Å². The molecule has 21 heavy (non-hydrogen) atoms. The van der Waals surface area contributed by atoms with Crippen molar-refractivity contribution in [1.29, 1.82) is 0 Å². The number of hydrogen-bond donors (Lipinski definition) is 0. The lowest BCUT2D eigenvalue weighted by Crippen LogP contribution is -2.00. The SMILES string of the molecule is COc1cc(C)nc(COc2ccc(S(=O)(=O)Cl)cc2)c1. The normalized spacial score (nSPS) is 11.2. The number of rotatable bonds is 5. The topological polar surface area (TPSA) is 65.5 Å². The molecule has 1 aromatic carbocycles. The zero-order chi connectivity index (χ0) is 15.5. The van der Waals surface area contributed by atoms with Crippen molar-refractivity contribution in [2.45, 2.75) is 18.4 Å². The Morgan fingerprint density at radius 3 is 2.38 bits per heavy atom. The van der Waals surface area contributed by atoms with Gasteiger partial charge in [0.2, 0.25) is 0 Å². The van der Waals surface area contributed by atoms with E-state index in [1.807, 2.05) is 13.0 Å². The van der Waals surface area contributed by atoms with Gasteiger partial charge in [-0.2, -0.15) is 0 Å². The Hall–Kier alpha value is -1.79. The molecule has 1 heterocycles. The van der Waals surface area contributed by atoms with Gasteiger partial charge in [-0.1, -0.05) is 0 Å². The monoisotopic (exact) mass is 327 g/mol. The van der Waals surface area contributed by atoms with E-state index in [9.17, 15) is 8.42 Å². The van der Waals surface area contributed by atoms with Crippen LogP contribution in [0.15, 0.2) is 41.3 Å². The van der Waals surface area contributed by atoms with Gasteiger partial charge in [-0.05, 0) is 31.2 Å². The van der Waals surface area contributed by atoms with Crippen LogP contribution in [0.3, 0.4) is 0 Å². The summed E-state index contributed by atoms with van der Waals surface area (Å²) in [7, 11) is 3.12. The van der Waals surface area contributed by atoms with Crippen LogP contribution in [0.1, 0.15) is 11.4 Å². The van der Waals surface area contributed by atoms with Gasteiger partial charge in [-0.25, -0.2) is 8.42 Å². The summed E-state index contributed by atoms with van der Waals surface area (Å²) in [6, 6.07) is 9.47. The molecule has 0 aliphatic rings. The fourth-order valence-corrected chi connectivity index (χ4v) is 2.52. The third kappa shape index (κ3) is 4.34. The third-order valence-corrected chi connectivity index (χ3v) is 4.08. The molecule has 0 saturated heterocycles. The van der Waals surface area contributed by atoms with Crippen molar-refractivity contribution in [3.8, 4) is 11.5 Å². The van der Waals surface area contributed by atoms with Crippen molar-refractivity contribution in [2.24, 2.45) is 0 Å². The predicted octanol–water partition coefficient (Wildman–Crippen LogP) is 2.91. The first kappa shape index (κ1) is 15.6. The first-order chi connectivity index (χ1) is 9.88. The molecule has 0 atom stereocenters. The highest BCUT2D eigenvalue weighted by Crippen LogP contribution is 2.20. The second-order valence-corrected chi connectivity index (χ2v) is 6.90. The van der Waals surface area contributed by atoms with Gasteiger partial charge in [0.1, 0.15) is 18.1 Å². The summed E-state index contributed by atoms with van der Waals surface area (Å²) in [5.41, 5.74) is 1.55. The molecule has 112 valence electrons. The Balaban J connectivity index is 2.08. The molecule has 0 saturated carbocycles. The molecule has 0 amide bonds. The molecule has 0 spiro atoms. The second-order valence-electron chi connectivity index (χ2n) is 4.34. The number of hydrogen-bond acceptors (Lipinski definition) is 5. The molecule has 0 fully saturated rings. The molecule has 7 heteroatoms. The second kappa shape index (κ2) is 6.32. The average Bonchev–Trinajstić information content (AvgIpc) is 2.44. The van der Waals surface area contributed by atoms with Crippen LogP contribution < -0.4 is 9.47 Å². The summed E-state index contributed by atoms with van der Waals surface area (Å²) >= 11 is 0. The van der Waals surface area contributed by atoms with Gasteiger partial charge in [0, 0.05) is 28.5 Å². The van der Waals surface area contributed by atoms with E-state index in [2.05, 4.69) is 4.98 Å². The van der Waals surface area contributed by atoms with E-state index in [-0.39, 0.29) is 11.5 Å². The summed E-state index contributed by atoms with van der Waals surface area (Å²) in [5, 5.41) is 0. The molecule has 0 unspecified atom stereocenters. The van der Waals surface area contributed by atoms with Crippen LogP contribution in [0.4, 0.5) is 0 Å². The van der Waals surface area contributed by atoms with E-state index >= 15 is 0 Å². The summed E-state index contributed by atoms with van der Waals surface area (Å²) in [6.45, 7) is 2.12. The number of halogens is 1. The molecule has 0 aliphatic carbocycles. The molecule has 0 bridgehead atoms. The Morgan fingerprint density at radius 2 is 1.81 bits per heavy atom. The summed E-state index contributed by atoms with van der Waals surface area (Å²) in [5.74, 6) is 1.24. The number of pyridine rings is 1. The van der Waals surface area contributed by atoms with Gasteiger partial charge in [0.25, 0.3) is 9.05 Å². The largest absolute Gasteiger partial charge is 0.497 e. The minimum Gasteiger partial charge on any atom is -0.497 e. The lowest BCUT2D eigenvalue weighted by Gasteiger charge is -2.08. The van der Waals surface area contributed by atoms with E-state index in [0.29, 0.717) is 11.5 Å². The van der Waals surface area contributed by atoms with Crippen LogP contribution in [0.5, 0.6) is 11.5 Å². The molecular formula is C14H14ClNO4S. The Morgan fingerprint density at radius 1 is 1.14 bits per heavy atom. The van der Waals surface area contributed by atoms with Crippen molar-refractivity contribution in [2.75, 3.05) is 7.11 Å². The minimum atomic E-state index is -3.71. The minimum absolute atomic E-state index is 0.0341. The number of aryl methyl sites for hydroxylation is 1. The highest BCUT2D eigenvalue weighted by molar-refractivity contribution is 8.13. The first-order valence-corrected chi connectivity index (χ1v) is 8.38. The number of nitrogens with zero attached hydrogens (tertiary/aromatic N) is 1. The maximum Gasteiger partial charge on any atom is 0.261 e. The first-order valence-electron chi connectivity index (χ1n) is 6.07. The Labute approximate surface area is 127 Å². The number of ether oxygens (including phenoxy) is 2. The highest BCUT2D eigenvalue weighted by atomic mass is 35.7. The highest BCUT2D eigenvalue weighted by Gasteiger charge is 2.09. The molecule has 1 aromatic heterocycles. The van der Waals surface area contributed by atoms with Crippen LogP contribution in [0.25, 0.3) is 0 Å². The van der Waals surface area contributed by atoms with Crippen LogP contribution in [-0.2, 0) is 15.7 Å². The van der Waals surface area contributed by atoms with Crippen molar-refractivity contribution in [3.63, 3.8) is 0 Å². The van der Waals surface area contributed by atoms with E-state index in [1.165, 1.54) is 12.1 Å². The zero-order valence-corrected chi connectivity index (χ0v) is 13.1. The van der Waals surface area contributed by atoms with Crippen molar-refractivity contribution >= 4 is 19.7 Å². The molecule has 5 nitrogen and oxygen atoms in total. The van der Waals surface area contributed by atoms with Crippen LogP contribution in [-0.4, -0.2) is 20.5 Å². The van der Waals surface area contributed by atoms with Gasteiger partial charge >= 0.3 is 0 Å². The van der Waals surface area contributed by atoms with Gasteiger partial charge < -0.3 is 9.47 Å². The van der Waals surface area contributed by atoms with Gasteiger partial charge in [0.15, 0.2) is 0 Å². The van der Waals surface area contributed by atoms with Crippen LogP contribution in [0, 0.1) is 6.92 Å². The Kier molecular flexibility index (Phi) is 4.69. The summed E-state index contributed by atoms with van der Waals surface area (Å²) in [6.07, 6.45) is 0. The number of benzene rings is 1. The van der Waals surface area contributed by atoms with E-state index in [4.69, 9.17) is 20.2 Å². The third-order valence-electron chi connectivity index (χ3n) is 2.71. The number of methoxy groups -OCH3 is 1. The average molecular weight is 328 g/mol. The van der Waals surface area contributed by atoms with Crippen molar-refractivity contribution in [3.05, 3.63) is 47.8 Å². The maximum absolute atomic E-state index is 11.1. The van der Waals surface area contributed by atoms with Gasteiger partial charge in [0.05, 0.1) is 17.7 Å². The predicted molar refractivity (Wildman–Crippen MR) is 79.3 cm³/mol. The summed E-state index contributed by atoms with van der Waals surface area (Å²) in [4.78, 5) is 4.37. The standard InChI is InChI=1S/C14H14ClNO4S/c1-10-7-13(19-2)8-11(16-10)9-20-12-3-5-14(6-4-12)21(15,17)18/h3-8H,9H2,1-2H3. The Bertz CT molecular complexity index is 729. The molecule has 0 radical (unpaired) electrons. The lowest BCUT2D eigenvalue weighted by atomic mass is 10.3. The van der Waals surface area contributed by atoms with E-state index in [0.717, 1.165) is 11.4 Å².